The van der Waals surface area contributed by atoms with Crippen molar-refractivity contribution in [1.82, 2.24) is 0 Å². The molecule has 1 aliphatic heterocycles. The highest BCUT2D eigenvalue weighted by Crippen LogP contribution is 2.57. The van der Waals surface area contributed by atoms with Crippen molar-refractivity contribution >= 4 is 23.2 Å². The van der Waals surface area contributed by atoms with Gasteiger partial charge < -0.3 is 25.2 Å². The summed E-state index contributed by atoms with van der Waals surface area (Å²) in [6.07, 6.45) is 0.00195. The van der Waals surface area contributed by atoms with E-state index in [1.807, 2.05) is 13.8 Å². The van der Waals surface area contributed by atoms with Crippen LogP contribution in [0, 0.1) is 17.3 Å². The lowest BCUT2D eigenvalue weighted by Crippen LogP contribution is -2.67. The van der Waals surface area contributed by atoms with Crippen LogP contribution in [0.2, 0.25) is 0 Å². The molecule has 33 heavy (non-hydrogen) atoms. The van der Waals surface area contributed by atoms with E-state index in [2.05, 4.69) is 0 Å². The molecule has 0 bridgehead atoms. The Hall–Kier alpha value is -1.67. The van der Waals surface area contributed by atoms with Gasteiger partial charge >= 0.3 is 0 Å². The number of phenols is 2. The molecule has 8 heteroatoms. The van der Waals surface area contributed by atoms with Crippen LogP contribution in [0.3, 0.4) is 0 Å². The minimum absolute atomic E-state index is 0.0114. The number of hydrogen-bond acceptors (Lipinski definition) is 7. The fourth-order valence-corrected chi connectivity index (χ4v) is 6.59. The molecule has 3 aliphatic rings. The smallest absolute Gasteiger partial charge is 0.196 e. The number of fused-ring (bicyclic) bond motifs is 2. The predicted octanol–water partition coefficient (Wildman–Crippen LogP) is 3.58. The number of halogens is 1. The molecule has 4 N–H and O–H groups in total. The van der Waals surface area contributed by atoms with Gasteiger partial charge in [-0.25, -0.2) is 0 Å². The zero-order valence-corrected chi connectivity index (χ0v) is 20.4. The molecule has 1 aromatic rings. The molecule has 6 atom stereocenters. The largest absolute Gasteiger partial charge is 0.508 e. The summed E-state index contributed by atoms with van der Waals surface area (Å²) in [7, 11) is 0. The van der Waals surface area contributed by atoms with E-state index < -0.39 is 57.5 Å². The molecule has 1 saturated heterocycles. The summed E-state index contributed by atoms with van der Waals surface area (Å²) in [6.45, 7) is 8.93. The van der Waals surface area contributed by atoms with Gasteiger partial charge in [-0.05, 0) is 63.9 Å². The first-order valence-corrected chi connectivity index (χ1v) is 11.9. The van der Waals surface area contributed by atoms with Gasteiger partial charge in [0.15, 0.2) is 11.6 Å². The number of ether oxygens (including phenoxy) is 1. The second-order valence-electron chi connectivity index (χ2n) is 11.4. The van der Waals surface area contributed by atoms with Crippen molar-refractivity contribution in [3.63, 3.8) is 0 Å². The van der Waals surface area contributed by atoms with Crippen LogP contribution in [0.1, 0.15) is 81.0 Å². The summed E-state index contributed by atoms with van der Waals surface area (Å²) in [5, 5.41) is 42.3. The second kappa shape index (κ2) is 7.41. The van der Waals surface area contributed by atoms with E-state index in [1.54, 1.807) is 20.8 Å². The van der Waals surface area contributed by atoms with Crippen molar-refractivity contribution in [1.29, 1.82) is 0 Å². The fourth-order valence-electron chi connectivity index (χ4n) is 6.33. The Morgan fingerprint density at radius 2 is 1.76 bits per heavy atom. The van der Waals surface area contributed by atoms with Crippen LogP contribution < -0.4 is 0 Å². The summed E-state index contributed by atoms with van der Waals surface area (Å²) in [5.41, 5.74) is -4.87. The lowest BCUT2D eigenvalue weighted by atomic mass is 9.54. The van der Waals surface area contributed by atoms with Gasteiger partial charge in [0.1, 0.15) is 17.1 Å². The van der Waals surface area contributed by atoms with E-state index in [1.165, 1.54) is 6.07 Å². The highest BCUT2D eigenvalue weighted by Gasteiger charge is 2.65. The lowest BCUT2D eigenvalue weighted by Gasteiger charge is -2.58. The molecule has 0 amide bonds. The van der Waals surface area contributed by atoms with Crippen LogP contribution >= 0.6 is 11.6 Å². The highest BCUT2D eigenvalue weighted by molar-refractivity contribution is 6.21. The van der Waals surface area contributed by atoms with E-state index in [0.29, 0.717) is 12.8 Å². The van der Waals surface area contributed by atoms with Gasteiger partial charge in [0.05, 0.1) is 28.8 Å². The molecule has 182 valence electrons. The van der Waals surface area contributed by atoms with Crippen LogP contribution in [0.15, 0.2) is 12.1 Å². The standard InChI is InChI=1S/C25H33ClO7/c1-22(2)16(24(5,32)7-6-17(22)26)11-25-14(10-18(29)23(3,4)33-25)20(30)19-13(21(25)31)8-12(27)9-15(19)28/h8-9,14,16-18,27-29,32H,6-7,10-11H2,1-5H3. The molecule has 4 rings (SSSR count). The topological polar surface area (TPSA) is 124 Å². The van der Waals surface area contributed by atoms with E-state index >= 15 is 0 Å². The molecule has 2 fully saturated rings. The molecule has 6 unspecified atom stereocenters. The van der Waals surface area contributed by atoms with Gasteiger partial charge in [0, 0.05) is 17.0 Å². The number of carbonyl (C=O) groups is 2. The molecule has 2 aliphatic carbocycles. The zero-order chi connectivity index (χ0) is 24.7. The third-order valence-corrected chi connectivity index (χ3v) is 9.21. The number of benzene rings is 1. The second-order valence-corrected chi connectivity index (χ2v) is 11.9. The number of phenolic OH excluding ortho intramolecular Hbond substituents is 2. The third-order valence-electron chi connectivity index (χ3n) is 8.43. The van der Waals surface area contributed by atoms with Crippen molar-refractivity contribution in [2.75, 3.05) is 0 Å². The lowest BCUT2D eigenvalue weighted by molar-refractivity contribution is -0.234. The van der Waals surface area contributed by atoms with Crippen LogP contribution in [0.4, 0.5) is 0 Å². The molecule has 1 aromatic carbocycles. The van der Waals surface area contributed by atoms with Gasteiger partial charge in [-0.3, -0.25) is 9.59 Å². The number of Topliss-reactive ketones (excluding diaryl/α,β-unsaturated/α-hetero) is 2. The van der Waals surface area contributed by atoms with E-state index in [4.69, 9.17) is 16.3 Å². The average Bonchev–Trinajstić information content (AvgIpc) is 2.68. The van der Waals surface area contributed by atoms with Crippen LogP contribution in [0.25, 0.3) is 0 Å². The minimum Gasteiger partial charge on any atom is -0.508 e. The number of aliphatic hydroxyl groups excluding tert-OH is 1. The van der Waals surface area contributed by atoms with Gasteiger partial charge in [0.2, 0.25) is 0 Å². The monoisotopic (exact) mass is 480 g/mol. The number of rotatable bonds is 2. The first-order chi connectivity index (χ1) is 15.0. The predicted molar refractivity (Wildman–Crippen MR) is 122 cm³/mol. The van der Waals surface area contributed by atoms with Crippen molar-refractivity contribution in [3.05, 3.63) is 23.3 Å². The fraction of sp³-hybridized carbons (Fsp3) is 0.680. The molecule has 0 spiro atoms. The van der Waals surface area contributed by atoms with Crippen LogP contribution in [-0.2, 0) is 4.74 Å². The van der Waals surface area contributed by atoms with E-state index in [9.17, 15) is 30.0 Å². The highest BCUT2D eigenvalue weighted by atomic mass is 35.5. The normalized spacial score (nSPS) is 39.6. The number of carbonyl (C=O) groups excluding carboxylic acids is 2. The third kappa shape index (κ3) is 3.51. The maximum Gasteiger partial charge on any atom is 0.196 e. The summed E-state index contributed by atoms with van der Waals surface area (Å²) in [4.78, 5) is 27.7. The quantitative estimate of drug-likeness (QED) is 0.477. The first-order valence-electron chi connectivity index (χ1n) is 11.4. The minimum atomic E-state index is -1.69. The summed E-state index contributed by atoms with van der Waals surface area (Å²) in [5.74, 6) is -3.45. The van der Waals surface area contributed by atoms with E-state index in [0.717, 1.165) is 6.07 Å². The Labute approximate surface area is 198 Å². The number of alkyl halides is 1. The molecule has 0 radical (unpaired) electrons. The molecule has 1 heterocycles. The Morgan fingerprint density at radius 1 is 1.12 bits per heavy atom. The van der Waals surface area contributed by atoms with Crippen molar-refractivity contribution < 1.29 is 34.8 Å². The molecule has 1 saturated carbocycles. The average molecular weight is 481 g/mol. The Balaban J connectivity index is 1.93. The summed E-state index contributed by atoms with van der Waals surface area (Å²) < 4.78 is 6.38. The van der Waals surface area contributed by atoms with Crippen LogP contribution in [0.5, 0.6) is 11.5 Å². The zero-order valence-electron chi connectivity index (χ0n) is 19.7. The molecule has 0 aromatic heterocycles. The van der Waals surface area contributed by atoms with Crippen LogP contribution in [-0.4, -0.2) is 60.3 Å². The Kier molecular flexibility index (Phi) is 5.49. The molecular weight excluding hydrogens is 448 g/mol. The van der Waals surface area contributed by atoms with Gasteiger partial charge in [0.25, 0.3) is 0 Å². The SMILES string of the molecule is CC1(O)CCC(Cl)C(C)(C)C1CC12OC(C)(C)C(O)CC1C(=O)c1c(O)cc(O)cc1C2=O. The summed E-state index contributed by atoms with van der Waals surface area (Å²) in [6, 6.07) is 2.19. The van der Waals surface area contributed by atoms with Gasteiger partial charge in [-0.2, -0.15) is 0 Å². The molecule has 7 nitrogen and oxygen atoms in total. The first kappa shape index (κ1) is 24.5. The maximum absolute atomic E-state index is 14.1. The van der Waals surface area contributed by atoms with Crippen molar-refractivity contribution in [3.8, 4) is 11.5 Å². The number of hydrogen-bond donors (Lipinski definition) is 4. The Morgan fingerprint density at radius 3 is 2.39 bits per heavy atom. The number of ketones is 2. The summed E-state index contributed by atoms with van der Waals surface area (Å²) >= 11 is 6.68. The van der Waals surface area contributed by atoms with Crippen molar-refractivity contribution in [2.24, 2.45) is 17.3 Å². The molecular formula is C25H33ClO7. The number of aromatic hydroxyl groups is 2. The van der Waals surface area contributed by atoms with Crippen molar-refractivity contribution in [2.45, 2.75) is 88.6 Å². The van der Waals surface area contributed by atoms with E-state index in [-0.39, 0.29) is 35.1 Å². The van der Waals surface area contributed by atoms with Gasteiger partial charge in [-0.1, -0.05) is 13.8 Å². The number of aliphatic hydroxyl groups is 2. The van der Waals surface area contributed by atoms with Gasteiger partial charge in [-0.15, -0.1) is 11.6 Å². The Bertz CT molecular complexity index is 1010. The maximum atomic E-state index is 14.1.